The van der Waals surface area contributed by atoms with E-state index in [9.17, 15) is 0 Å². The molecule has 0 amide bonds. The smallest absolute Gasteiger partial charge is 0.163 e. The van der Waals surface area contributed by atoms with E-state index < -0.39 is 0 Å². The Morgan fingerprint density at radius 2 is 1.94 bits per heavy atom. The normalized spacial score (nSPS) is 10.5. The largest absolute Gasteiger partial charge is 0.383 e. The Balaban J connectivity index is 2.52. The molecule has 2 N–H and O–H groups in total. The summed E-state index contributed by atoms with van der Waals surface area (Å²) >= 11 is 0. The maximum Gasteiger partial charge on any atom is 0.163 e. The van der Waals surface area contributed by atoms with Crippen LogP contribution in [0.2, 0.25) is 0 Å². The van der Waals surface area contributed by atoms with Crippen molar-refractivity contribution in [3.8, 4) is 11.4 Å². The standard InChI is InChI=1S/C13H16N4/c1-4-11-9(3)12(14)17-13(16-11)10-6-5-8(2)15-7-10/h5-7H,4H2,1-3H3,(H2,14,16,17). The molecule has 4 nitrogen and oxygen atoms in total. The van der Waals surface area contributed by atoms with Crippen molar-refractivity contribution in [2.45, 2.75) is 27.2 Å². The van der Waals surface area contributed by atoms with E-state index in [2.05, 4.69) is 21.9 Å². The van der Waals surface area contributed by atoms with Crippen LogP contribution in [0.1, 0.15) is 23.9 Å². The molecule has 0 aliphatic heterocycles. The maximum atomic E-state index is 5.89. The Kier molecular flexibility index (Phi) is 3.04. The molecule has 0 spiro atoms. The summed E-state index contributed by atoms with van der Waals surface area (Å²) in [7, 11) is 0. The highest BCUT2D eigenvalue weighted by Gasteiger charge is 2.08. The maximum absolute atomic E-state index is 5.89. The quantitative estimate of drug-likeness (QED) is 0.856. The van der Waals surface area contributed by atoms with Gasteiger partial charge in [-0.1, -0.05) is 6.92 Å². The van der Waals surface area contributed by atoms with Crippen molar-refractivity contribution in [2.75, 3.05) is 5.73 Å². The summed E-state index contributed by atoms with van der Waals surface area (Å²) in [6.07, 6.45) is 2.63. The SMILES string of the molecule is CCc1nc(-c2ccc(C)nc2)nc(N)c1C. The van der Waals surface area contributed by atoms with Gasteiger partial charge in [0.1, 0.15) is 5.82 Å². The Morgan fingerprint density at radius 1 is 1.18 bits per heavy atom. The first-order valence-corrected chi connectivity index (χ1v) is 5.67. The Morgan fingerprint density at radius 3 is 2.53 bits per heavy atom. The number of hydrogen-bond donors (Lipinski definition) is 1. The highest BCUT2D eigenvalue weighted by Crippen LogP contribution is 2.19. The van der Waals surface area contributed by atoms with Gasteiger partial charge in [0.15, 0.2) is 5.82 Å². The van der Waals surface area contributed by atoms with Crippen LogP contribution in [0.15, 0.2) is 18.3 Å². The van der Waals surface area contributed by atoms with Crippen LogP contribution in [0.4, 0.5) is 5.82 Å². The van der Waals surface area contributed by atoms with E-state index >= 15 is 0 Å². The van der Waals surface area contributed by atoms with Crippen LogP contribution in [0.5, 0.6) is 0 Å². The first kappa shape index (κ1) is 11.5. The summed E-state index contributed by atoms with van der Waals surface area (Å²) in [5, 5.41) is 0. The molecule has 17 heavy (non-hydrogen) atoms. The molecule has 0 saturated carbocycles. The lowest BCUT2D eigenvalue weighted by atomic mass is 10.1. The molecule has 88 valence electrons. The Bertz CT molecular complexity index is 532. The van der Waals surface area contributed by atoms with Gasteiger partial charge in [0.05, 0.1) is 0 Å². The molecule has 0 aliphatic carbocycles. The highest BCUT2D eigenvalue weighted by molar-refractivity contribution is 5.57. The number of nitrogens with two attached hydrogens (primary N) is 1. The lowest BCUT2D eigenvalue weighted by molar-refractivity contribution is 0.980. The van der Waals surface area contributed by atoms with E-state index in [1.165, 1.54) is 0 Å². The first-order valence-electron chi connectivity index (χ1n) is 5.67. The fourth-order valence-electron chi connectivity index (χ4n) is 1.66. The zero-order chi connectivity index (χ0) is 12.4. The van der Waals surface area contributed by atoms with Crippen molar-refractivity contribution < 1.29 is 0 Å². The minimum Gasteiger partial charge on any atom is -0.383 e. The molecule has 0 bridgehead atoms. The molecule has 2 aromatic heterocycles. The number of aryl methyl sites for hydroxylation is 2. The fourth-order valence-corrected chi connectivity index (χ4v) is 1.66. The van der Waals surface area contributed by atoms with Crippen LogP contribution in [0, 0.1) is 13.8 Å². The second-order valence-corrected chi connectivity index (χ2v) is 4.05. The van der Waals surface area contributed by atoms with Crippen LogP contribution in [0.25, 0.3) is 11.4 Å². The van der Waals surface area contributed by atoms with Gasteiger partial charge in [0, 0.05) is 28.7 Å². The number of nitrogen functional groups attached to an aromatic ring is 1. The second kappa shape index (κ2) is 4.49. The molecule has 0 aliphatic rings. The molecule has 0 unspecified atom stereocenters. The van der Waals surface area contributed by atoms with Gasteiger partial charge in [0.2, 0.25) is 0 Å². The van der Waals surface area contributed by atoms with E-state index in [4.69, 9.17) is 5.73 Å². The van der Waals surface area contributed by atoms with Crippen LogP contribution < -0.4 is 5.73 Å². The zero-order valence-corrected chi connectivity index (χ0v) is 10.4. The van der Waals surface area contributed by atoms with E-state index in [0.29, 0.717) is 11.6 Å². The highest BCUT2D eigenvalue weighted by atomic mass is 15.0. The molecule has 0 saturated heterocycles. The van der Waals surface area contributed by atoms with E-state index in [-0.39, 0.29) is 0 Å². The molecule has 2 heterocycles. The third-order valence-electron chi connectivity index (χ3n) is 2.79. The molecule has 2 aromatic rings. The molecule has 0 fully saturated rings. The van der Waals surface area contributed by atoms with Crippen molar-refractivity contribution >= 4 is 5.82 Å². The average molecular weight is 228 g/mol. The van der Waals surface area contributed by atoms with Gasteiger partial charge in [-0.15, -0.1) is 0 Å². The molecule has 0 aromatic carbocycles. The van der Waals surface area contributed by atoms with Crippen molar-refractivity contribution in [3.05, 3.63) is 35.3 Å². The predicted molar refractivity (Wildman–Crippen MR) is 68.5 cm³/mol. The zero-order valence-electron chi connectivity index (χ0n) is 10.4. The summed E-state index contributed by atoms with van der Waals surface area (Å²) in [4.78, 5) is 13.1. The van der Waals surface area contributed by atoms with Crippen LogP contribution in [-0.2, 0) is 6.42 Å². The van der Waals surface area contributed by atoms with Gasteiger partial charge in [-0.05, 0) is 32.4 Å². The third-order valence-corrected chi connectivity index (χ3v) is 2.79. The molecule has 4 heteroatoms. The Hall–Kier alpha value is -1.97. The van der Waals surface area contributed by atoms with Crippen molar-refractivity contribution in [2.24, 2.45) is 0 Å². The molecular weight excluding hydrogens is 212 g/mol. The van der Waals surface area contributed by atoms with Crippen molar-refractivity contribution in [1.82, 2.24) is 15.0 Å². The van der Waals surface area contributed by atoms with E-state index in [1.54, 1.807) is 6.20 Å². The van der Waals surface area contributed by atoms with Crippen LogP contribution in [0.3, 0.4) is 0 Å². The number of anilines is 1. The van der Waals surface area contributed by atoms with Gasteiger partial charge in [-0.2, -0.15) is 0 Å². The number of rotatable bonds is 2. The Labute approximate surface area is 101 Å². The minimum absolute atomic E-state index is 0.549. The van der Waals surface area contributed by atoms with Crippen LogP contribution >= 0.6 is 0 Å². The first-order chi connectivity index (χ1) is 8.11. The van der Waals surface area contributed by atoms with E-state index in [0.717, 1.165) is 28.9 Å². The topological polar surface area (TPSA) is 64.7 Å². The fraction of sp³-hybridized carbons (Fsp3) is 0.308. The van der Waals surface area contributed by atoms with Crippen molar-refractivity contribution in [1.29, 1.82) is 0 Å². The van der Waals surface area contributed by atoms with Gasteiger partial charge in [-0.3, -0.25) is 4.98 Å². The average Bonchev–Trinajstić information content (AvgIpc) is 2.33. The van der Waals surface area contributed by atoms with Crippen molar-refractivity contribution in [3.63, 3.8) is 0 Å². The summed E-state index contributed by atoms with van der Waals surface area (Å²) in [6, 6.07) is 3.91. The summed E-state index contributed by atoms with van der Waals surface area (Å²) in [5.74, 6) is 1.20. The number of nitrogens with zero attached hydrogens (tertiary/aromatic N) is 3. The van der Waals surface area contributed by atoms with Gasteiger partial charge in [0.25, 0.3) is 0 Å². The second-order valence-electron chi connectivity index (χ2n) is 4.05. The minimum atomic E-state index is 0.549. The lowest BCUT2D eigenvalue weighted by Crippen LogP contribution is -2.04. The molecule has 0 atom stereocenters. The van der Waals surface area contributed by atoms with Gasteiger partial charge < -0.3 is 5.73 Å². The molecule has 0 radical (unpaired) electrons. The van der Waals surface area contributed by atoms with Gasteiger partial charge >= 0.3 is 0 Å². The van der Waals surface area contributed by atoms with Crippen LogP contribution in [-0.4, -0.2) is 15.0 Å². The number of hydrogen-bond acceptors (Lipinski definition) is 4. The monoisotopic (exact) mass is 228 g/mol. The number of aromatic nitrogens is 3. The van der Waals surface area contributed by atoms with E-state index in [1.807, 2.05) is 26.0 Å². The van der Waals surface area contributed by atoms with Gasteiger partial charge in [-0.25, -0.2) is 9.97 Å². The summed E-state index contributed by atoms with van der Waals surface area (Å²) < 4.78 is 0. The molecule has 2 rings (SSSR count). The number of pyridine rings is 1. The predicted octanol–water partition coefficient (Wildman–Crippen LogP) is 2.30. The summed E-state index contributed by atoms with van der Waals surface area (Å²) in [5.41, 5.74) is 9.73. The molecular formula is C13H16N4. The third kappa shape index (κ3) is 2.25. The summed E-state index contributed by atoms with van der Waals surface area (Å²) in [6.45, 7) is 5.96. The lowest BCUT2D eigenvalue weighted by Gasteiger charge is -2.08.